The van der Waals surface area contributed by atoms with Crippen LogP contribution < -0.4 is 22.3 Å². The summed E-state index contributed by atoms with van der Waals surface area (Å²) in [4.78, 5) is 12.1. The van der Waals surface area contributed by atoms with E-state index < -0.39 is 0 Å². The molecule has 0 aromatic rings. The summed E-state index contributed by atoms with van der Waals surface area (Å²) in [5, 5.41) is 3.16. The number of likely N-dealkylation sites (N-methyl/N-ethyl adjacent to an activating group) is 1. The van der Waals surface area contributed by atoms with Crippen molar-refractivity contribution < 1.29 is 26.3 Å². The minimum Gasteiger partial charge on any atom is -1.00 e. The summed E-state index contributed by atoms with van der Waals surface area (Å²) in [5.74, 6) is 0.253. The van der Waals surface area contributed by atoms with Gasteiger partial charge in [-0.15, -0.1) is 0 Å². The number of rotatable bonds is 26. The maximum atomic E-state index is 12.1. The first-order chi connectivity index (χ1) is 16.0. The molecule has 0 aliphatic heterocycles. The fourth-order valence-corrected chi connectivity index (χ4v) is 4.68. The lowest BCUT2D eigenvalue weighted by atomic mass is 10.1. The van der Waals surface area contributed by atoms with E-state index in [0.29, 0.717) is 6.42 Å². The highest BCUT2D eigenvalue weighted by molar-refractivity contribution is 5.75. The first-order valence-corrected chi connectivity index (χ1v) is 15.1. The fraction of sp³-hybridized carbons (Fsp3) is 0.967. The van der Waals surface area contributed by atoms with Gasteiger partial charge in [-0.05, 0) is 19.3 Å². The van der Waals surface area contributed by atoms with Crippen LogP contribution in [-0.2, 0) is 4.79 Å². The molecule has 0 atom stereocenters. The number of quaternary nitrogens is 1. The molecular formula is C30H63BrN2O. The summed E-state index contributed by atoms with van der Waals surface area (Å²) in [6, 6.07) is 0. The van der Waals surface area contributed by atoms with Gasteiger partial charge in [0.15, 0.2) is 0 Å². The lowest BCUT2D eigenvalue weighted by Crippen LogP contribution is -3.00. The second kappa shape index (κ2) is 27.5. The SMILES string of the molecule is CCCCCCCCCCCCCC[N+](C)(C)CCNC(=O)CCCCCCCCCCC.[Br-]. The van der Waals surface area contributed by atoms with Crippen LogP contribution >= 0.6 is 0 Å². The Labute approximate surface area is 226 Å². The Hall–Kier alpha value is -0.0900. The Kier molecular flexibility index (Phi) is 29.2. The van der Waals surface area contributed by atoms with E-state index in [2.05, 4.69) is 33.3 Å². The summed E-state index contributed by atoms with van der Waals surface area (Å²) in [6.07, 6.45) is 29.4. The minimum absolute atomic E-state index is 0. The monoisotopic (exact) mass is 546 g/mol. The molecule has 3 nitrogen and oxygen atoms in total. The van der Waals surface area contributed by atoms with Gasteiger partial charge in [-0.3, -0.25) is 4.79 Å². The van der Waals surface area contributed by atoms with E-state index >= 15 is 0 Å². The number of hydrogen-bond donors (Lipinski definition) is 1. The molecule has 0 radical (unpaired) electrons. The molecule has 0 aromatic carbocycles. The van der Waals surface area contributed by atoms with Crippen molar-refractivity contribution in [1.29, 1.82) is 0 Å². The number of amides is 1. The first-order valence-electron chi connectivity index (χ1n) is 15.1. The van der Waals surface area contributed by atoms with E-state index in [4.69, 9.17) is 0 Å². The van der Waals surface area contributed by atoms with Crippen molar-refractivity contribution in [2.24, 2.45) is 0 Å². The number of hydrogen-bond acceptors (Lipinski definition) is 1. The number of nitrogens with one attached hydrogen (secondary N) is 1. The van der Waals surface area contributed by atoms with Gasteiger partial charge < -0.3 is 26.8 Å². The van der Waals surface area contributed by atoms with Gasteiger partial charge in [0.05, 0.1) is 33.7 Å². The second-order valence-electron chi connectivity index (χ2n) is 11.2. The van der Waals surface area contributed by atoms with Crippen molar-refractivity contribution in [3.8, 4) is 0 Å². The van der Waals surface area contributed by atoms with Crippen molar-refractivity contribution in [1.82, 2.24) is 5.32 Å². The van der Waals surface area contributed by atoms with Crippen LogP contribution in [0.15, 0.2) is 0 Å². The molecular weight excluding hydrogens is 484 g/mol. The van der Waals surface area contributed by atoms with Crippen molar-refractivity contribution in [2.75, 3.05) is 33.7 Å². The lowest BCUT2D eigenvalue weighted by molar-refractivity contribution is -0.889. The average molecular weight is 548 g/mol. The Morgan fingerprint density at radius 1 is 0.529 bits per heavy atom. The Morgan fingerprint density at radius 2 is 0.882 bits per heavy atom. The number of carbonyl (C=O) groups is 1. The molecule has 34 heavy (non-hydrogen) atoms. The molecule has 0 unspecified atom stereocenters. The van der Waals surface area contributed by atoms with E-state index in [0.717, 1.165) is 24.0 Å². The van der Waals surface area contributed by atoms with E-state index in [1.807, 2.05) is 0 Å². The van der Waals surface area contributed by atoms with Gasteiger partial charge in [0.25, 0.3) is 0 Å². The van der Waals surface area contributed by atoms with Crippen LogP contribution in [-0.4, -0.2) is 44.1 Å². The van der Waals surface area contributed by atoms with Crippen LogP contribution in [0.1, 0.15) is 155 Å². The van der Waals surface area contributed by atoms with Crippen LogP contribution in [0, 0.1) is 0 Å². The summed E-state index contributed by atoms with van der Waals surface area (Å²) in [6.45, 7) is 7.65. The molecule has 1 amide bonds. The molecule has 0 saturated heterocycles. The predicted octanol–water partition coefficient (Wildman–Crippen LogP) is 5.81. The summed E-state index contributed by atoms with van der Waals surface area (Å²) in [7, 11) is 4.62. The van der Waals surface area contributed by atoms with E-state index in [-0.39, 0.29) is 22.9 Å². The number of carbonyl (C=O) groups excluding carboxylic acids is 1. The number of halogens is 1. The molecule has 0 aliphatic carbocycles. The van der Waals surface area contributed by atoms with Crippen molar-refractivity contribution in [2.45, 2.75) is 155 Å². The zero-order chi connectivity index (χ0) is 24.5. The maximum absolute atomic E-state index is 12.1. The zero-order valence-electron chi connectivity index (χ0n) is 23.9. The molecule has 4 heteroatoms. The minimum atomic E-state index is 0. The largest absolute Gasteiger partial charge is 1.00 e. The highest BCUT2D eigenvalue weighted by atomic mass is 79.9. The highest BCUT2D eigenvalue weighted by Gasteiger charge is 2.14. The molecule has 0 bridgehead atoms. The van der Waals surface area contributed by atoms with Gasteiger partial charge in [-0.1, -0.05) is 129 Å². The second-order valence-corrected chi connectivity index (χ2v) is 11.2. The van der Waals surface area contributed by atoms with Crippen LogP contribution in [0.25, 0.3) is 0 Å². The normalized spacial score (nSPS) is 11.4. The van der Waals surface area contributed by atoms with Crippen molar-refractivity contribution in [3.05, 3.63) is 0 Å². The highest BCUT2D eigenvalue weighted by Crippen LogP contribution is 2.13. The molecule has 0 saturated carbocycles. The molecule has 0 aliphatic rings. The average Bonchev–Trinajstić information content (AvgIpc) is 2.78. The molecule has 0 rings (SSSR count). The summed E-state index contributed by atoms with van der Waals surface area (Å²) < 4.78 is 1.02. The molecule has 0 spiro atoms. The Morgan fingerprint density at radius 3 is 1.29 bits per heavy atom. The molecule has 1 N–H and O–H groups in total. The van der Waals surface area contributed by atoms with Gasteiger partial charge in [0.2, 0.25) is 5.91 Å². The Bertz CT molecular complexity index is 415. The van der Waals surface area contributed by atoms with Gasteiger partial charge in [0, 0.05) is 6.42 Å². The number of nitrogens with zero attached hydrogens (tertiary/aromatic N) is 1. The van der Waals surface area contributed by atoms with Gasteiger partial charge in [0.1, 0.15) is 0 Å². The quantitative estimate of drug-likeness (QED) is 0.108. The third kappa shape index (κ3) is 28.1. The van der Waals surface area contributed by atoms with E-state index in [1.54, 1.807) is 0 Å². The number of unbranched alkanes of at least 4 members (excludes halogenated alkanes) is 19. The van der Waals surface area contributed by atoms with E-state index in [9.17, 15) is 4.79 Å². The van der Waals surface area contributed by atoms with Gasteiger partial charge >= 0.3 is 0 Å². The van der Waals surface area contributed by atoms with Crippen LogP contribution in [0.5, 0.6) is 0 Å². The van der Waals surface area contributed by atoms with Crippen LogP contribution in [0.3, 0.4) is 0 Å². The summed E-state index contributed by atoms with van der Waals surface area (Å²) in [5.41, 5.74) is 0. The fourth-order valence-electron chi connectivity index (χ4n) is 4.68. The Balaban J connectivity index is 0. The zero-order valence-corrected chi connectivity index (χ0v) is 25.5. The first kappa shape index (κ1) is 36.1. The predicted molar refractivity (Wildman–Crippen MR) is 148 cm³/mol. The topological polar surface area (TPSA) is 29.1 Å². The van der Waals surface area contributed by atoms with Crippen molar-refractivity contribution in [3.63, 3.8) is 0 Å². The van der Waals surface area contributed by atoms with Gasteiger partial charge in [-0.25, -0.2) is 0 Å². The smallest absolute Gasteiger partial charge is 0.220 e. The van der Waals surface area contributed by atoms with Gasteiger partial charge in [-0.2, -0.15) is 0 Å². The van der Waals surface area contributed by atoms with Crippen molar-refractivity contribution >= 4 is 5.91 Å². The third-order valence-corrected chi connectivity index (χ3v) is 7.16. The molecule has 0 aromatic heterocycles. The van der Waals surface area contributed by atoms with Crippen LogP contribution in [0.2, 0.25) is 0 Å². The van der Waals surface area contributed by atoms with Crippen LogP contribution in [0.4, 0.5) is 0 Å². The standard InChI is InChI=1S/C30H62N2O.BrH/c1-5-7-9-11-13-15-16-17-19-21-23-25-28-32(3,4)29-27-31-30(33)26-24-22-20-18-14-12-10-8-6-2;/h5-29H2,1-4H3;1H. The van der Waals surface area contributed by atoms with E-state index in [1.165, 1.54) is 135 Å². The molecule has 0 heterocycles. The third-order valence-electron chi connectivity index (χ3n) is 7.16. The molecule has 0 fully saturated rings. The summed E-state index contributed by atoms with van der Waals surface area (Å²) >= 11 is 0. The maximum Gasteiger partial charge on any atom is 0.220 e. The molecule has 206 valence electrons. The lowest BCUT2D eigenvalue weighted by Gasteiger charge is -2.30.